The van der Waals surface area contributed by atoms with Crippen LogP contribution in [-0.4, -0.2) is 45.1 Å². The zero-order chi connectivity index (χ0) is 21.8. The summed E-state index contributed by atoms with van der Waals surface area (Å²) < 4.78 is 5.02. The summed E-state index contributed by atoms with van der Waals surface area (Å²) in [6.07, 6.45) is 3.36. The van der Waals surface area contributed by atoms with E-state index in [1.165, 1.54) is 22.7 Å². The van der Waals surface area contributed by atoms with E-state index in [9.17, 15) is 9.59 Å². The number of hydrogen-bond donors (Lipinski definition) is 2. The van der Waals surface area contributed by atoms with Crippen LogP contribution in [0.3, 0.4) is 0 Å². The Balaban J connectivity index is 1.78. The minimum atomic E-state index is -0.447. The molecule has 31 heavy (non-hydrogen) atoms. The molecule has 0 spiro atoms. The first-order valence-corrected chi connectivity index (χ1v) is 11.2. The van der Waals surface area contributed by atoms with Crippen LogP contribution in [0.25, 0.3) is 31.4 Å². The number of carbonyl (C=O) groups excluding carboxylic acids is 2. The van der Waals surface area contributed by atoms with Gasteiger partial charge in [-0.05, 0) is 32.0 Å². The second-order valence-electron chi connectivity index (χ2n) is 6.20. The van der Waals surface area contributed by atoms with Crippen LogP contribution < -0.4 is 10.6 Å². The number of anilines is 1. The number of amides is 2. The van der Waals surface area contributed by atoms with Crippen LogP contribution in [0.4, 0.5) is 10.7 Å². The van der Waals surface area contributed by atoms with Crippen molar-refractivity contribution < 1.29 is 14.3 Å². The van der Waals surface area contributed by atoms with E-state index in [0.717, 1.165) is 15.8 Å². The Hall–Kier alpha value is -3.44. The van der Waals surface area contributed by atoms with Crippen molar-refractivity contribution in [3.05, 3.63) is 41.7 Å². The van der Waals surface area contributed by atoms with E-state index in [1.807, 2.05) is 25.1 Å². The van der Waals surface area contributed by atoms with Crippen LogP contribution in [0, 0.1) is 0 Å². The lowest BCUT2D eigenvalue weighted by Crippen LogP contribution is -2.29. The number of hydrogen-bond acceptors (Lipinski definition) is 9. The predicted octanol–water partition coefficient (Wildman–Crippen LogP) is 4.19. The average Bonchev–Trinajstić information content (AvgIpc) is 3.41. The lowest BCUT2D eigenvalue weighted by Gasteiger charge is -2.07. The lowest BCUT2D eigenvalue weighted by molar-refractivity contribution is 0.0520. The van der Waals surface area contributed by atoms with Crippen molar-refractivity contribution in [3.8, 4) is 21.1 Å². The number of carbonyl (C=O) groups is 2. The Kier molecular flexibility index (Phi) is 6.14. The van der Waals surface area contributed by atoms with Gasteiger partial charge in [-0.1, -0.05) is 0 Å². The smallest absolute Gasteiger partial charge is 0.357 e. The van der Waals surface area contributed by atoms with E-state index in [-0.39, 0.29) is 17.7 Å². The van der Waals surface area contributed by atoms with Gasteiger partial charge in [0.2, 0.25) is 5.95 Å². The van der Waals surface area contributed by atoms with Gasteiger partial charge in [0.25, 0.3) is 0 Å². The minimum absolute atomic E-state index is 0.199. The number of nitrogens with one attached hydrogen (secondary N) is 2. The monoisotopic (exact) mass is 454 g/mol. The molecule has 0 bridgehead atoms. The molecule has 2 N–H and O–H groups in total. The molecule has 0 unspecified atom stereocenters. The highest BCUT2D eigenvalue weighted by molar-refractivity contribution is 7.25. The van der Waals surface area contributed by atoms with Crippen molar-refractivity contribution in [2.75, 3.05) is 18.5 Å². The number of thiazole rings is 1. The summed E-state index contributed by atoms with van der Waals surface area (Å²) in [5, 5.41) is 8.52. The first kappa shape index (κ1) is 20.8. The van der Waals surface area contributed by atoms with E-state index in [4.69, 9.17) is 4.74 Å². The van der Waals surface area contributed by atoms with Gasteiger partial charge in [0.1, 0.15) is 9.84 Å². The molecule has 0 fully saturated rings. The molecular formula is C20H18N6O3S2. The zero-order valence-corrected chi connectivity index (χ0v) is 18.3. The zero-order valence-electron chi connectivity index (χ0n) is 16.7. The van der Waals surface area contributed by atoms with Crippen LogP contribution in [-0.2, 0) is 4.74 Å². The van der Waals surface area contributed by atoms with Crippen molar-refractivity contribution in [2.45, 2.75) is 13.8 Å². The SMILES string of the molecule is CCNC(=O)Nc1nc(-c2ccncc2)c2cc(-c3nc(C(=O)OCC)cs3)sc2n1. The third-order valence-electron chi connectivity index (χ3n) is 4.11. The molecule has 4 aromatic rings. The van der Waals surface area contributed by atoms with Gasteiger partial charge >= 0.3 is 12.0 Å². The van der Waals surface area contributed by atoms with Crippen molar-refractivity contribution in [1.29, 1.82) is 0 Å². The van der Waals surface area contributed by atoms with Crippen molar-refractivity contribution >= 4 is 50.8 Å². The summed E-state index contributed by atoms with van der Waals surface area (Å²) in [5.74, 6) is -0.248. The summed E-state index contributed by atoms with van der Waals surface area (Å²) in [7, 11) is 0. The second-order valence-corrected chi connectivity index (χ2v) is 8.09. The van der Waals surface area contributed by atoms with Crippen molar-refractivity contribution in [2.24, 2.45) is 0 Å². The number of rotatable bonds is 6. The molecule has 4 rings (SSSR count). The van der Waals surface area contributed by atoms with Gasteiger partial charge in [-0.15, -0.1) is 22.7 Å². The molecule has 0 aliphatic carbocycles. The van der Waals surface area contributed by atoms with E-state index >= 15 is 0 Å². The normalized spacial score (nSPS) is 10.8. The Morgan fingerprint density at radius 2 is 1.94 bits per heavy atom. The van der Waals surface area contributed by atoms with Crippen LogP contribution in [0.2, 0.25) is 0 Å². The van der Waals surface area contributed by atoms with Crippen LogP contribution in [0.1, 0.15) is 24.3 Å². The summed E-state index contributed by atoms with van der Waals surface area (Å²) in [5.41, 5.74) is 1.79. The standard InChI is InChI=1S/C20H18N6O3S2/c1-3-22-20(28)26-19-24-15(11-5-7-21-8-6-11)12-9-14(31-16(12)25-19)17-23-13(10-30-17)18(27)29-4-2/h5-10H,3-4H2,1-2H3,(H2,22,24,25,26,28). The summed E-state index contributed by atoms with van der Waals surface area (Å²) in [6.45, 7) is 4.36. The van der Waals surface area contributed by atoms with Crippen molar-refractivity contribution in [3.63, 3.8) is 0 Å². The van der Waals surface area contributed by atoms with E-state index < -0.39 is 5.97 Å². The number of pyridine rings is 1. The fourth-order valence-electron chi connectivity index (χ4n) is 2.80. The number of thiophene rings is 1. The molecule has 0 aliphatic rings. The molecule has 0 aliphatic heterocycles. The fraction of sp³-hybridized carbons (Fsp3) is 0.200. The number of aromatic nitrogens is 4. The first-order chi connectivity index (χ1) is 15.1. The maximum Gasteiger partial charge on any atom is 0.357 e. The Morgan fingerprint density at radius 3 is 2.68 bits per heavy atom. The number of esters is 1. The lowest BCUT2D eigenvalue weighted by atomic mass is 10.1. The molecule has 0 radical (unpaired) electrons. The van der Waals surface area contributed by atoms with Gasteiger partial charge in [0.05, 0.1) is 17.2 Å². The van der Waals surface area contributed by atoms with Crippen LogP contribution in [0.15, 0.2) is 36.0 Å². The maximum atomic E-state index is 12.0. The molecule has 158 valence electrons. The highest BCUT2D eigenvalue weighted by atomic mass is 32.1. The van der Waals surface area contributed by atoms with E-state index in [2.05, 4.69) is 30.6 Å². The molecule has 0 saturated carbocycles. The second kappa shape index (κ2) is 9.14. The Morgan fingerprint density at radius 1 is 1.13 bits per heavy atom. The van der Waals surface area contributed by atoms with Crippen LogP contribution in [0.5, 0.6) is 0 Å². The molecule has 4 heterocycles. The molecule has 2 amide bonds. The molecule has 0 saturated heterocycles. The van der Waals surface area contributed by atoms with Gasteiger partial charge in [0.15, 0.2) is 5.69 Å². The predicted molar refractivity (Wildman–Crippen MR) is 120 cm³/mol. The molecule has 4 aromatic heterocycles. The third kappa shape index (κ3) is 4.52. The minimum Gasteiger partial charge on any atom is -0.461 e. The van der Waals surface area contributed by atoms with Gasteiger partial charge in [-0.2, -0.15) is 0 Å². The van der Waals surface area contributed by atoms with Gasteiger partial charge < -0.3 is 10.1 Å². The van der Waals surface area contributed by atoms with Gasteiger partial charge in [-0.3, -0.25) is 10.3 Å². The highest BCUT2D eigenvalue weighted by Crippen LogP contribution is 2.38. The molecule has 0 aromatic carbocycles. The van der Waals surface area contributed by atoms with E-state index in [1.54, 1.807) is 24.7 Å². The third-order valence-corrected chi connectivity index (χ3v) is 6.15. The van der Waals surface area contributed by atoms with Crippen molar-refractivity contribution in [1.82, 2.24) is 25.3 Å². The summed E-state index contributed by atoms with van der Waals surface area (Å²) in [6, 6.07) is 5.26. The fourth-order valence-corrected chi connectivity index (χ4v) is 4.69. The van der Waals surface area contributed by atoms with E-state index in [0.29, 0.717) is 28.7 Å². The number of ether oxygens (including phenoxy) is 1. The Bertz CT molecular complexity index is 1240. The first-order valence-electron chi connectivity index (χ1n) is 9.48. The number of urea groups is 1. The number of fused-ring (bicyclic) bond motifs is 1. The number of nitrogens with zero attached hydrogens (tertiary/aromatic N) is 4. The molecule has 9 nitrogen and oxygen atoms in total. The Labute approximate surface area is 185 Å². The highest BCUT2D eigenvalue weighted by Gasteiger charge is 2.18. The van der Waals surface area contributed by atoms with Crippen LogP contribution >= 0.6 is 22.7 Å². The topological polar surface area (TPSA) is 119 Å². The molecule has 0 atom stereocenters. The summed E-state index contributed by atoms with van der Waals surface area (Å²) in [4.78, 5) is 43.0. The largest absolute Gasteiger partial charge is 0.461 e. The maximum absolute atomic E-state index is 12.0. The average molecular weight is 455 g/mol. The molecule has 11 heteroatoms. The molecular weight excluding hydrogens is 436 g/mol. The van der Waals surface area contributed by atoms with Gasteiger partial charge in [0, 0.05) is 35.3 Å². The quantitative estimate of drug-likeness (QED) is 0.419. The summed E-state index contributed by atoms with van der Waals surface area (Å²) >= 11 is 2.77. The van der Waals surface area contributed by atoms with Gasteiger partial charge in [-0.25, -0.2) is 24.5 Å².